The molecule has 0 saturated carbocycles. The number of hydrogen-bond donors (Lipinski definition) is 3. The maximum atomic E-state index is 13.4. The fourth-order valence-electron chi connectivity index (χ4n) is 1.07. The summed E-state index contributed by atoms with van der Waals surface area (Å²) in [5.74, 6) is -0.828. The third kappa shape index (κ3) is 3.59. The Morgan fingerprint density at radius 3 is 2.62 bits per heavy atom. The number of hydrogen-bond acceptors (Lipinski definition) is 3. The Morgan fingerprint density at radius 1 is 1.56 bits per heavy atom. The van der Waals surface area contributed by atoms with Gasteiger partial charge in [-0.2, -0.15) is 0 Å². The van der Waals surface area contributed by atoms with Crippen LogP contribution >= 0.6 is 0 Å². The zero-order valence-electron chi connectivity index (χ0n) is 8.62. The second kappa shape index (κ2) is 4.58. The van der Waals surface area contributed by atoms with Gasteiger partial charge in [-0.25, -0.2) is 17.5 Å². The normalized spacial score (nSPS) is 11.4. The van der Waals surface area contributed by atoms with Crippen molar-refractivity contribution in [1.82, 2.24) is 4.72 Å². The van der Waals surface area contributed by atoms with E-state index in [0.29, 0.717) is 0 Å². The summed E-state index contributed by atoms with van der Waals surface area (Å²) in [6, 6.07) is 3.95. The SMILES string of the molecule is CS(=O)(=O)NCc1ccc(C(=N)N)cc1F. The lowest BCUT2D eigenvalue weighted by molar-refractivity contribution is 0.579. The van der Waals surface area contributed by atoms with Crippen LogP contribution in [0.25, 0.3) is 0 Å². The van der Waals surface area contributed by atoms with Crippen molar-refractivity contribution in [2.45, 2.75) is 6.54 Å². The maximum absolute atomic E-state index is 13.4. The second-order valence-electron chi connectivity index (χ2n) is 3.31. The largest absolute Gasteiger partial charge is 0.384 e. The minimum absolute atomic E-state index is 0.122. The Hall–Kier alpha value is -1.47. The van der Waals surface area contributed by atoms with Gasteiger partial charge in [-0.1, -0.05) is 12.1 Å². The average molecular weight is 245 g/mol. The second-order valence-corrected chi connectivity index (χ2v) is 5.15. The molecular formula is C9H12FN3O2S. The topological polar surface area (TPSA) is 96.0 Å². The summed E-state index contributed by atoms with van der Waals surface area (Å²) < 4.78 is 37.2. The molecule has 0 aromatic heterocycles. The minimum Gasteiger partial charge on any atom is -0.384 e. The van der Waals surface area contributed by atoms with Crippen LogP contribution in [0.2, 0.25) is 0 Å². The first-order valence-electron chi connectivity index (χ1n) is 4.37. The highest BCUT2D eigenvalue weighted by Crippen LogP contribution is 2.10. The fraction of sp³-hybridized carbons (Fsp3) is 0.222. The molecule has 0 atom stereocenters. The Bertz CT molecular complexity index is 513. The van der Waals surface area contributed by atoms with E-state index in [-0.39, 0.29) is 23.5 Å². The van der Waals surface area contributed by atoms with E-state index in [1.807, 2.05) is 0 Å². The number of nitrogen functional groups attached to an aromatic ring is 1. The quantitative estimate of drug-likeness (QED) is 0.520. The number of halogens is 1. The summed E-state index contributed by atoms with van der Waals surface area (Å²) in [5.41, 5.74) is 5.65. The van der Waals surface area contributed by atoms with E-state index in [1.54, 1.807) is 0 Å². The molecule has 1 rings (SSSR count). The molecular weight excluding hydrogens is 233 g/mol. The molecule has 0 aliphatic heterocycles. The summed E-state index contributed by atoms with van der Waals surface area (Å²) in [4.78, 5) is 0. The Morgan fingerprint density at radius 2 is 2.19 bits per heavy atom. The van der Waals surface area contributed by atoms with E-state index in [9.17, 15) is 12.8 Å². The summed E-state index contributed by atoms with van der Waals surface area (Å²) in [5, 5.41) is 7.10. The number of nitrogens with two attached hydrogens (primary N) is 1. The summed E-state index contributed by atoms with van der Waals surface area (Å²) >= 11 is 0. The van der Waals surface area contributed by atoms with E-state index in [1.165, 1.54) is 12.1 Å². The van der Waals surface area contributed by atoms with E-state index in [2.05, 4.69) is 4.72 Å². The van der Waals surface area contributed by atoms with Gasteiger partial charge in [0.25, 0.3) is 0 Å². The maximum Gasteiger partial charge on any atom is 0.209 e. The van der Waals surface area contributed by atoms with Gasteiger partial charge in [-0.3, -0.25) is 5.41 Å². The van der Waals surface area contributed by atoms with Gasteiger partial charge in [-0.15, -0.1) is 0 Å². The number of amidine groups is 1. The molecule has 0 aliphatic rings. The minimum atomic E-state index is -3.35. The molecule has 7 heteroatoms. The lowest BCUT2D eigenvalue weighted by Gasteiger charge is -2.05. The summed E-state index contributed by atoms with van der Waals surface area (Å²) in [6.07, 6.45) is 0.995. The molecule has 0 radical (unpaired) electrons. The molecule has 0 saturated heterocycles. The van der Waals surface area contributed by atoms with Gasteiger partial charge in [0.1, 0.15) is 11.7 Å². The van der Waals surface area contributed by atoms with Crippen molar-refractivity contribution in [3.05, 3.63) is 35.1 Å². The molecule has 0 spiro atoms. The fourth-order valence-corrected chi connectivity index (χ4v) is 1.48. The van der Waals surface area contributed by atoms with E-state index in [4.69, 9.17) is 11.1 Å². The predicted octanol–water partition coefficient (Wildman–Crippen LogP) is 0.159. The number of nitrogens with one attached hydrogen (secondary N) is 2. The van der Waals surface area contributed by atoms with Gasteiger partial charge in [0.2, 0.25) is 10.0 Å². The third-order valence-electron chi connectivity index (χ3n) is 1.89. The van der Waals surface area contributed by atoms with Crippen LogP contribution in [0.15, 0.2) is 18.2 Å². The first-order chi connectivity index (χ1) is 7.29. The van der Waals surface area contributed by atoms with Gasteiger partial charge < -0.3 is 5.73 Å². The first kappa shape index (κ1) is 12.6. The van der Waals surface area contributed by atoms with Crippen LogP contribution < -0.4 is 10.5 Å². The standard InChI is InChI=1S/C9H12FN3O2S/c1-16(14,15)13-5-7-3-2-6(9(11)12)4-8(7)10/h2-4,13H,5H2,1H3,(H3,11,12). The molecule has 0 unspecified atom stereocenters. The Balaban J connectivity index is 2.88. The van der Waals surface area contributed by atoms with Gasteiger partial charge >= 0.3 is 0 Å². The molecule has 0 bridgehead atoms. The molecule has 0 heterocycles. The zero-order valence-corrected chi connectivity index (χ0v) is 9.44. The highest BCUT2D eigenvalue weighted by atomic mass is 32.2. The van der Waals surface area contributed by atoms with Crippen molar-refractivity contribution < 1.29 is 12.8 Å². The lowest BCUT2D eigenvalue weighted by Crippen LogP contribution is -2.22. The van der Waals surface area contributed by atoms with Crippen molar-refractivity contribution in [1.29, 1.82) is 5.41 Å². The lowest BCUT2D eigenvalue weighted by atomic mass is 10.1. The van der Waals surface area contributed by atoms with Gasteiger partial charge in [0, 0.05) is 17.7 Å². The van der Waals surface area contributed by atoms with Crippen molar-refractivity contribution in [3.8, 4) is 0 Å². The summed E-state index contributed by atoms with van der Waals surface area (Å²) in [7, 11) is -3.35. The smallest absolute Gasteiger partial charge is 0.209 e. The van der Waals surface area contributed by atoms with Crippen LogP contribution in [0.5, 0.6) is 0 Å². The number of benzene rings is 1. The van der Waals surface area contributed by atoms with Crippen LogP contribution in [0.4, 0.5) is 4.39 Å². The van der Waals surface area contributed by atoms with E-state index >= 15 is 0 Å². The monoisotopic (exact) mass is 245 g/mol. The molecule has 5 nitrogen and oxygen atoms in total. The molecule has 0 fully saturated rings. The van der Waals surface area contributed by atoms with Crippen molar-refractivity contribution >= 4 is 15.9 Å². The molecule has 0 amide bonds. The van der Waals surface area contributed by atoms with Gasteiger partial charge in [0.15, 0.2) is 0 Å². The molecule has 0 aliphatic carbocycles. The van der Waals surface area contributed by atoms with E-state index < -0.39 is 15.8 Å². The molecule has 1 aromatic carbocycles. The van der Waals surface area contributed by atoms with Gasteiger partial charge in [0.05, 0.1) is 6.26 Å². The van der Waals surface area contributed by atoms with Crippen molar-refractivity contribution in [3.63, 3.8) is 0 Å². The zero-order chi connectivity index (χ0) is 12.3. The van der Waals surface area contributed by atoms with Crippen LogP contribution in [0.1, 0.15) is 11.1 Å². The molecule has 4 N–H and O–H groups in total. The van der Waals surface area contributed by atoms with Crippen LogP contribution in [-0.2, 0) is 16.6 Å². The van der Waals surface area contributed by atoms with Crippen molar-refractivity contribution in [2.24, 2.45) is 5.73 Å². The third-order valence-corrected chi connectivity index (χ3v) is 2.56. The first-order valence-corrected chi connectivity index (χ1v) is 6.26. The number of sulfonamides is 1. The highest BCUT2D eigenvalue weighted by Gasteiger charge is 2.07. The Kier molecular flexibility index (Phi) is 3.61. The van der Waals surface area contributed by atoms with Crippen LogP contribution in [0, 0.1) is 11.2 Å². The molecule has 16 heavy (non-hydrogen) atoms. The highest BCUT2D eigenvalue weighted by molar-refractivity contribution is 7.88. The summed E-state index contributed by atoms with van der Waals surface area (Å²) in [6.45, 7) is -0.122. The number of rotatable bonds is 4. The molecule has 1 aromatic rings. The van der Waals surface area contributed by atoms with Crippen LogP contribution in [-0.4, -0.2) is 20.5 Å². The Labute approximate surface area is 93.0 Å². The average Bonchev–Trinajstić information content (AvgIpc) is 2.14. The molecule has 88 valence electrons. The van der Waals surface area contributed by atoms with Gasteiger partial charge in [-0.05, 0) is 6.07 Å². The predicted molar refractivity (Wildman–Crippen MR) is 59.1 cm³/mol. The van der Waals surface area contributed by atoms with Crippen LogP contribution in [0.3, 0.4) is 0 Å². The van der Waals surface area contributed by atoms with E-state index in [0.717, 1.165) is 12.3 Å². The van der Waals surface area contributed by atoms with Crippen molar-refractivity contribution in [2.75, 3.05) is 6.26 Å².